The van der Waals surface area contributed by atoms with E-state index in [4.69, 9.17) is 0 Å². The molecule has 5 rings (SSSR count). The minimum atomic E-state index is -0.155. The average Bonchev–Trinajstić information content (AvgIpc) is 2.57. The van der Waals surface area contributed by atoms with Gasteiger partial charge in [-0.05, 0) is 80.2 Å². The molecule has 26 heavy (non-hydrogen) atoms. The predicted octanol–water partition coefficient (Wildman–Crippen LogP) is 3.84. The Morgan fingerprint density at radius 1 is 1.00 bits per heavy atom. The monoisotopic (exact) mass is 372 g/mol. The molecule has 4 bridgehead atoms. The van der Waals surface area contributed by atoms with Crippen molar-refractivity contribution >= 4 is 23.6 Å². The summed E-state index contributed by atoms with van der Waals surface area (Å²) in [4.78, 5) is 25.6. The molecule has 0 spiro atoms. The van der Waals surface area contributed by atoms with Crippen LogP contribution in [0.15, 0.2) is 29.2 Å². The summed E-state index contributed by atoms with van der Waals surface area (Å²) in [7, 11) is 0. The quantitative estimate of drug-likeness (QED) is 0.610. The predicted molar refractivity (Wildman–Crippen MR) is 103 cm³/mol. The SMILES string of the molecule is Cc1ccccc1SCC(=O)NNC(=O)CC12CC3CC(CC(C3)C1)C2. The fraction of sp³-hybridized carbons (Fsp3) is 0.619. The molecule has 4 fully saturated rings. The number of aryl methyl sites for hydroxylation is 1. The highest BCUT2D eigenvalue weighted by Gasteiger charge is 2.51. The molecule has 4 nitrogen and oxygen atoms in total. The van der Waals surface area contributed by atoms with Gasteiger partial charge in [-0.25, -0.2) is 0 Å². The molecular formula is C21H28N2O2S. The van der Waals surface area contributed by atoms with Crippen LogP contribution in [0.25, 0.3) is 0 Å². The first-order valence-electron chi connectivity index (χ1n) is 9.77. The topological polar surface area (TPSA) is 58.2 Å². The lowest BCUT2D eigenvalue weighted by Crippen LogP contribution is -2.50. The Labute approximate surface area is 159 Å². The van der Waals surface area contributed by atoms with Crippen molar-refractivity contribution in [2.24, 2.45) is 23.2 Å². The zero-order valence-electron chi connectivity index (χ0n) is 15.4. The van der Waals surface area contributed by atoms with Crippen molar-refractivity contribution in [3.63, 3.8) is 0 Å². The van der Waals surface area contributed by atoms with E-state index in [9.17, 15) is 9.59 Å². The lowest BCUT2D eigenvalue weighted by Gasteiger charge is -2.56. The maximum atomic E-state index is 12.4. The Hall–Kier alpha value is -1.49. The van der Waals surface area contributed by atoms with Crippen LogP contribution in [0, 0.1) is 30.1 Å². The van der Waals surface area contributed by atoms with E-state index in [0.717, 1.165) is 28.2 Å². The lowest BCUT2D eigenvalue weighted by atomic mass is 9.49. The molecule has 0 radical (unpaired) electrons. The Bertz CT molecular complexity index is 668. The van der Waals surface area contributed by atoms with E-state index in [-0.39, 0.29) is 17.2 Å². The molecule has 0 unspecified atom stereocenters. The minimum Gasteiger partial charge on any atom is -0.273 e. The second-order valence-corrected chi connectivity index (χ2v) is 9.76. The van der Waals surface area contributed by atoms with Gasteiger partial charge < -0.3 is 0 Å². The van der Waals surface area contributed by atoms with Crippen molar-refractivity contribution in [3.05, 3.63) is 29.8 Å². The molecule has 140 valence electrons. The summed E-state index contributed by atoms with van der Waals surface area (Å²) >= 11 is 1.50. The minimum absolute atomic E-state index is 0.0267. The molecule has 0 aliphatic heterocycles. The summed E-state index contributed by atoms with van der Waals surface area (Å²) in [6.07, 6.45) is 8.35. The van der Waals surface area contributed by atoms with E-state index in [1.165, 1.54) is 50.3 Å². The number of rotatable bonds is 5. The van der Waals surface area contributed by atoms with Gasteiger partial charge in [0.1, 0.15) is 0 Å². The van der Waals surface area contributed by atoms with E-state index in [2.05, 4.69) is 10.9 Å². The normalized spacial score (nSPS) is 31.7. The lowest BCUT2D eigenvalue weighted by molar-refractivity contribution is -0.133. The Kier molecular flexibility index (Phi) is 5.00. The van der Waals surface area contributed by atoms with Crippen LogP contribution in [0.2, 0.25) is 0 Å². The van der Waals surface area contributed by atoms with Crippen LogP contribution in [0.4, 0.5) is 0 Å². The average molecular weight is 373 g/mol. The molecular weight excluding hydrogens is 344 g/mol. The summed E-state index contributed by atoms with van der Waals surface area (Å²) in [6.45, 7) is 2.04. The van der Waals surface area contributed by atoms with Gasteiger partial charge in [-0.2, -0.15) is 0 Å². The van der Waals surface area contributed by atoms with Crippen LogP contribution < -0.4 is 10.9 Å². The van der Waals surface area contributed by atoms with E-state index >= 15 is 0 Å². The number of amides is 2. The van der Waals surface area contributed by atoms with Gasteiger partial charge in [-0.15, -0.1) is 11.8 Å². The van der Waals surface area contributed by atoms with Crippen molar-refractivity contribution in [2.45, 2.75) is 56.8 Å². The van der Waals surface area contributed by atoms with E-state index < -0.39 is 0 Å². The van der Waals surface area contributed by atoms with Gasteiger partial charge in [0.15, 0.2) is 0 Å². The highest BCUT2D eigenvalue weighted by molar-refractivity contribution is 8.00. The van der Waals surface area contributed by atoms with Crippen LogP contribution in [0.3, 0.4) is 0 Å². The molecule has 0 heterocycles. The van der Waals surface area contributed by atoms with Crippen molar-refractivity contribution in [3.8, 4) is 0 Å². The van der Waals surface area contributed by atoms with Crippen LogP contribution in [0.1, 0.15) is 50.5 Å². The van der Waals surface area contributed by atoms with Gasteiger partial charge in [0, 0.05) is 11.3 Å². The molecule has 4 saturated carbocycles. The number of hydrogen-bond acceptors (Lipinski definition) is 3. The van der Waals surface area contributed by atoms with E-state index in [0.29, 0.717) is 12.2 Å². The number of carbonyl (C=O) groups excluding carboxylic acids is 2. The summed E-state index contributed by atoms with van der Waals surface area (Å²) in [5, 5.41) is 0. The van der Waals surface area contributed by atoms with Crippen molar-refractivity contribution in [1.29, 1.82) is 0 Å². The van der Waals surface area contributed by atoms with Gasteiger partial charge in [0.25, 0.3) is 0 Å². The number of benzene rings is 1. The zero-order valence-corrected chi connectivity index (χ0v) is 16.2. The molecule has 5 heteroatoms. The first-order valence-corrected chi connectivity index (χ1v) is 10.8. The fourth-order valence-electron chi connectivity index (χ4n) is 5.93. The summed E-state index contributed by atoms with van der Waals surface area (Å²) < 4.78 is 0. The number of hydrogen-bond donors (Lipinski definition) is 2. The molecule has 0 aromatic heterocycles. The Morgan fingerprint density at radius 2 is 1.58 bits per heavy atom. The standard InChI is InChI=1S/C21H28N2O2S/c1-14-4-2-3-5-18(14)26-13-20(25)23-22-19(24)12-21-9-15-6-16(10-21)8-17(7-15)11-21/h2-5,15-17H,6-13H2,1H3,(H,22,24)(H,23,25). The zero-order chi connectivity index (χ0) is 18.1. The van der Waals surface area contributed by atoms with Gasteiger partial charge in [-0.3, -0.25) is 20.4 Å². The number of thioether (sulfide) groups is 1. The second kappa shape index (κ2) is 7.26. The van der Waals surface area contributed by atoms with Crippen molar-refractivity contribution in [2.75, 3.05) is 5.75 Å². The summed E-state index contributed by atoms with van der Waals surface area (Å²) in [5.41, 5.74) is 6.62. The molecule has 2 amide bonds. The number of nitrogens with one attached hydrogen (secondary N) is 2. The molecule has 4 aliphatic carbocycles. The summed E-state index contributed by atoms with van der Waals surface area (Å²) in [5.74, 6) is 2.65. The van der Waals surface area contributed by atoms with Crippen molar-refractivity contribution in [1.82, 2.24) is 10.9 Å². The Balaban J connectivity index is 1.23. The van der Waals surface area contributed by atoms with Crippen LogP contribution in [-0.2, 0) is 9.59 Å². The van der Waals surface area contributed by atoms with E-state index in [1.807, 2.05) is 31.2 Å². The first kappa shape index (κ1) is 17.9. The molecule has 1 aromatic rings. The van der Waals surface area contributed by atoms with Gasteiger partial charge in [0.05, 0.1) is 5.75 Å². The third kappa shape index (κ3) is 3.93. The highest BCUT2D eigenvalue weighted by Crippen LogP contribution is 2.61. The number of hydrazine groups is 1. The van der Waals surface area contributed by atoms with Crippen LogP contribution in [0.5, 0.6) is 0 Å². The van der Waals surface area contributed by atoms with Crippen LogP contribution in [-0.4, -0.2) is 17.6 Å². The molecule has 0 atom stereocenters. The van der Waals surface area contributed by atoms with Crippen molar-refractivity contribution < 1.29 is 9.59 Å². The Morgan fingerprint density at radius 3 is 2.19 bits per heavy atom. The van der Waals surface area contributed by atoms with Gasteiger partial charge in [0.2, 0.25) is 11.8 Å². The first-order chi connectivity index (χ1) is 12.5. The third-order valence-electron chi connectivity index (χ3n) is 6.49. The maximum absolute atomic E-state index is 12.4. The van der Waals surface area contributed by atoms with E-state index in [1.54, 1.807) is 0 Å². The highest BCUT2D eigenvalue weighted by atomic mass is 32.2. The maximum Gasteiger partial charge on any atom is 0.248 e. The number of carbonyl (C=O) groups is 2. The largest absolute Gasteiger partial charge is 0.273 e. The fourth-order valence-corrected chi connectivity index (χ4v) is 6.76. The molecule has 0 saturated heterocycles. The van der Waals surface area contributed by atoms with Gasteiger partial charge >= 0.3 is 0 Å². The smallest absolute Gasteiger partial charge is 0.248 e. The van der Waals surface area contributed by atoms with Gasteiger partial charge in [-0.1, -0.05) is 18.2 Å². The molecule has 4 aliphatic rings. The summed E-state index contributed by atoms with van der Waals surface area (Å²) in [6, 6.07) is 8.01. The molecule has 1 aromatic carbocycles. The third-order valence-corrected chi connectivity index (χ3v) is 7.67. The molecule has 2 N–H and O–H groups in total. The van der Waals surface area contributed by atoms with Crippen LogP contribution >= 0.6 is 11.8 Å². The second-order valence-electron chi connectivity index (χ2n) is 8.74.